The Hall–Kier alpha value is -4.64. The standard InChI is InChI=1S/C37H38O15/c1-17-44-14-27-35(49-17)31(39)32(40)37(50-27)52-33-21-12-24-23(47-16-48-24)11-20(21)29(30-22(33)13-46-36(30)41)18-9-25(42-2)34(26(10-18)43-3)51-28(38)15-45-19-7-5-4-6-8-19/h4-12,17,22,27,29-33,35,37,39-40H,13-16H2,1-3H3/t17-,22+,27?,29-,30+,31?,32?,33-,35?,37?/m1/s1. The normalized spacial score (nSPS) is 31.4. The van der Waals surface area contributed by atoms with Gasteiger partial charge >= 0.3 is 11.9 Å². The van der Waals surface area contributed by atoms with E-state index in [1.165, 1.54) is 14.2 Å². The number of rotatable bonds is 9. The smallest absolute Gasteiger partial charge is 0.349 e. The molecule has 10 atom stereocenters. The summed E-state index contributed by atoms with van der Waals surface area (Å²) in [6.45, 7) is 1.46. The van der Waals surface area contributed by atoms with Gasteiger partial charge in [0.2, 0.25) is 12.5 Å². The largest absolute Gasteiger partial charge is 0.493 e. The van der Waals surface area contributed by atoms with Gasteiger partial charge in [0.1, 0.15) is 30.2 Å². The van der Waals surface area contributed by atoms with Gasteiger partial charge in [0.15, 0.2) is 42.2 Å². The molecule has 4 heterocycles. The van der Waals surface area contributed by atoms with Crippen molar-refractivity contribution in [2.75, 3.05) is 40.8 Å². The molecule has 5 unspecified atom stereocenters. The summed E-state index contributed by atoms with van der Waals surface area (Å²) in [5, 5.41) is 22.2. The molecule has 52 heavy (non-hydrogen) atoms. The average Bonchev–Trinajstić information content (AvgIpc) is 3.78. The maximum atomic E-state index is 13.7. The van der Waals surface area contributed by atoms with Crippen LogP contribution in [-0.2, 0) is 33.3 Å². The highest BCUT2D eigenvalue weighted by Gasteiger charge is 2.56. The van der Waals surface area contributed by atoms with Gasteiger partial charge in [-0.15, -0.1) is 0 Å². The number of benzene rings is 3. The Morgan fingerprint density at radius 2 is 1.60 bits per heavy atom. The van der Waals surface area contributed by atoms with Crippen LogP contribution in [0.25, 0.3) is 0 Å². The highest BCUT2D eigenvalue weighted by atomic mass is 16.8. The highest BCUT2D eigenvalue weighted by Crippen LogP contribution is 2.57. The maximum Gasteiger partial charge on any atom is 0.349 e. The zero-order valence-corrected chi connectivity index (χ0v) is 28.5. The lowest BCUT2D eigenvalue weighted by Crippen LogP contribution is -2.63. The van der Waals surface area contributed by atoms with E-state index in [-0.39, 0.29) is 43.9 Å². The van der Waals surface area contributed by atoms with Crippen molar-refractivity contribution in [3.8, 4) is 34.5 Å². The number of carbonyl (C=O) groups excluding carboxylic acids is 2. The van der Waals surface area contributed by atoms with Crippen LogP contribution in [0.2, 0.25) is 0 Å². The molecule has 0 saturated carbocycles. The van der Waals surface area contributed by atoms with E-state index in [1.807, 2.05) is 6.07 Å². The second-order valence-corrected chi connectivity index (χ2v) is 13.0. The van der Waals surface area contributed by atoms with Crippen molar-refractivity contribution in [2.24, 2.45) is 11.8 Å². The average molecular weight is 723 g/mol. The molecule has 15 heteroatoms. The molecule has 5 aliphatic rings. The van der Waals surface area contributed by atoms with E-state index in [4.69, 9.17) is 52.1 Å². The van der Waals surface area contributed by atoms with E-state index in [2.05, 4.69) is 0 Å². The van der Waals surface area contributed by atoms with Crippen LogP contribution in [0, 0.1) is 11.8 Å². The third-order valence-electron chi connectivity index (χ3n) is 10.0. The van der Waals surface area contributed by atoms with Gasteiger partial charge in [-0.3, -0.25) is 4.79 Å². The first-order chi connectivity index (χ1) is 25.2. The third kappa shape index (κ3) is 6.16. The predicted octanol–water partition coefficient (Wildman–Crippen LogP) is 2.62. The summed E-state index contributed by atoms with van der Waals surface area (Å²) in [7, 11) is 2.86. The maximum absolute atomic E-state index is 13.7. The van der Waals surface area contributed by atoms with E-state index in [0.717, 1.165) is 0 Å². The molecule has 3 aromatic carbocycles. The minimum Gasteiger partial charge on any atom is -0.493 e. The summed E-state index contributed by atoms with van der Waals surface area (Å²) in [6.07, 6.45) is -7.04. The number of fused-ring (bicyclic) bond motifs is 4. The molecule has 3 saturated heterocycles. The summed E-state index contributed by atoms with van der Waals surface area (Å²) in [6, 6.07) is 15.8. The molecule has 0 aromatic heterocycles. The van der Waals surface area contributed by atoms with Crippen molar-refractivity contribution in [2.45, 2.75) is 55.9 Å². The quantitative estimate of drug-likeness (QED) is 0.243. The van der Waals surface area contributed by atoms with Crippen LogP contribution in [0.1, 0.15) is 35.6 Å². The van der Waals surface area contributed by atoms with Crippen LogP contribution in [-0.4, -0.2) is 100.0 Å². The van der Waals surface area contributed by atoms with Crippen LogP contribution in [0.15, 0.2) is 54.6 Å². The zero-order valence-electron chi connectivity index (χ0n) is 28.5. The molecule has 0 radical (unpaired) electrons. The van der Waals surface area contributed by atoms with Crippen molar-refractivity contribution in [3.05, 3.63) is 71.3 Å². The number of aliphatic hydroxyl groups excluding tert-OH is 2. The number of hydrogen-bond acceptors (Lipinski definition) is 15. The van der Waals surface area contributed by atoms with Gasteiger partial charge in [0.05, 0.1) is 39.5 Å². The second kappa shape index (κ2) is 14.1. The summed E-state index contributed by atoms with van der Waals surface area (Å²) in [4.78, 5) is 26.6. The first-order valence-corrected chi connectivity index (χ1v) is 16.9. The molecule has 0 bridgehead atoms. The van der Waals surface area contributed by atoms with Gasteiger partial charge in [0.25, 0.3) is 0 Å². The molecular weight excluding hydrogens is 684 g/mol. The number of para-hydroxylation sites is 1. The van der Waals surface area contributed by atoms with Crippen molar-refractivity contribution >= 4 is 11.9 Å². The summed E-state index contributed by atoms with van der Waals surface area (Å²) >= 11 is 0. The summed E-state index contributed by atoms with van der Waals surface area (Å²) < 4.78 is 63.8. The summed E-state index contributed by atoms with van der Waals surface area (Å²) in [5.74, 6) is -1.33. The summed E-state index contributed by atoms with van der Waals surface area (Å²) in [5.41, 5.74) is 1.89. The number of ether oxygens (including phenoxy) is 11. The highest BCUT2D eigenvalue weighted by molar-refractivity contribution is 5.80. The Kier molecular flexibility index (Phi) is 9.32. The SMILES string of the molecule is COc1cc([C@@H]2c3cc4c(cc3[C@@H](OC3OC5CO[C@@H](C)OC5C(O)C3O)[C@H]3COC(=O)[C@H]23)OCO4)cc(OC)c1OC(=O)COc1ccccc1. The topological polar surface area (TPSA) is 176 Å². The molecule has 1 aliphatic carbocycles. The lowest BCUT2D eigenvalue weighted by Gasteiger charge is -2.47. The number of esters is 2. The van der Waals surface area contributed by atoms with Gasteiger partial charge in [-0.2, -0.15) is 0 Å². The fraction of sp³-hybridized carbons (Fsp3) is 0.459. The van der Waals surface area contributed by atoms with Crippen molar-refractivity contribution in [3.63, 3.8) is 0 Å². The van der Waals surface area contributed by atoms with Crippen LogP contribution in [0.3, 0.4) is 0 Å². The van der Waals surface area contributed by atoms with Crippen molar-refractivity contribution in [1.82, 2.24) is 0 Å². The fourth-order valence-electron chi connectivity index (χ4n) is 7.62. The Labute approximate surface area is 298 Å². The third-order valence-corrected chi connectivity index (χ3v) is 10.0. The molecule has 4 aliphatic heterocycles. The lowest BCUT2D eigenvalue weighted by atomic mass is 9.66. The number of methoxy groups -OCH3 is 2. The lowest BCUT2D eigenvalue weighted by molar-refractivity contribution is -0.364. The zero-order chi connectivity index (χ0) is 36.1. The number of carbonyl (C=O) groups is 2. The number of hydrogen-bond donors (Lipinski definition) is 2. The molecule has 2 N–H and O–H groups in total. The molecule has 0 spiro atoms. The number of cyclic esters (lactones) is 1. The van der Waals surface area contributed by atoms with Crippen LogP contribution in [0.4, 0.5) is 0 Å². The van der Waals surface area contributed by atoms with Gasteiger partial charge < -0.3 is 62.3 Å². The second-order valence-electron chi connectivity index (χ2n) is 13.0. The fourth-order valence-corrected chi connectivity index (χ4v) is 7.62. The monoisotopic (exact) mass is 722 g/mol. The first kappa shape index (κ1) is 34.4. The van der Waals surface area contributed by atoms with E-state index < -0.39 is 72.8 Å². The van der Waals surface area contributed by atoms with Crippen molar-refractivity contribution < 1.29 is 71.9 Å². The number of aliphatic hydroxyl groups is 2. The van der Waals surface area contributed by atoms with E-state index in [1.54, 1.807) is 55.5 Å². The Morgan fingerprint density at radius 3 is 2.31 bits per heavy atom. The predicted molar refractivity (Wildman–Crippen MR) is 174 cm³/mol. The van der Waals surface area contributed by atoms with Gasteiger partial charge in [-0.1, -0.05) is 18.2 Å². The molecule has 276 valence electrons. The first-order valence-electron chi connectivity index (χ1n) is 16.9. The van der Waals surface area contributed by atoms with Crippen LogP contribution >= 0.6 is 0 Å². The van der Waals surface area contributed by atoms with Crippen LogP contribution < -0.4 is 28.4 Å². The molecule has 15 nitrogen and oxygen atoms in total. The minimum atomic E-state index is -1.47. The van der Waals surface area contributed by atoms with Gasteiger partial charge in [0, 0.05) is 11.8 Å². The van der Waals surface area contributed by atoms with Gasteiger partial charge in [-0.25, -0.2) is 4.79 Å². The van der Waals surface area contributed by atoms with E-state index >= 15 is 0 Å². The Morgan fingerprint density at radius 1 is 0.885 bits per heavy atom. The molecular formula is C37H38O15. The Bertz CT molecular complexity index is 1790. The molecule has 8 rings (SSSR count). The molecule has 3 fully saturated rings. The minimum absolute atomic E-state index is 0.00283. The molecule has 0 amide bonds. The van der Waals surface area contributed by atoms with Gasteiger partial charge in [-0.05, 0) is 60.0 Å². The van der Waals surface area contributed by atoms with Crippen molar-refractivity contribution in [1.29, 1.82) is 0 Å². The van der Waals surface area contributed by atoms with E-state index in [9.17, 15) is 19.8 Å². The van der Waals surface area contributed by atoms with Crippen LogP contribution in [0.5, 0.6) is 34.5 Å². The van der Waals surface area contributed by atoms with E-state index in [0.29, 0.717) is 33.9 Å². The Balaban J connectivity index is 1.14. The molecule has 3 aromatic rings.